The quantitative estimate of drug-likeness (QED) is 0.296. The molecule has 1 atom stereocenters. The molecule has 3 aromatic rings. The van der Waals surface area contributed by atoms with Crippen LogP contribution in [0.3, 0.4) is 0 Å². The van der Waals surface area contributed by atoms with Crippen LogP contribution in [-0.2, 0) is 24.9 Å². The van der Waals surface area contributed by atoms with Gasteiger partial charge in [0.2, 0.25) is 5.85 Å². The molecule has 166 valence electrons. The molecule has 0 unspecified atom stereocenters. The normalized spacial score (nSPS) is 12.6. The molecule has 0 aliphatic heterocycles. The molecule has 0 radical (unpaired) electrons. The SMILES string of the molecule is CCOP(=O)(OCC)[C@H](OC(=O)c1nnn(Cc2cnc(Cl)s2)c1C)c1ccccc1. The van der Waals surface area contributed by atoms with E-state index in [-0.39, 0.29) is 18.9 Å². The Hall–Kier alpha value is -2.10. The third-order valence-corrected chi connectivity index (χ3v) is 7.53. The van der Waals surface area contributed by atoms with Crippen LogP contribution in [0.1, 0.15) is 46.3 Å². The fourth-order valence-electron chi connectivity index (χ4n) is 2.83. The van der Waals surface area contributed by atoms with Crippen LogP contribution in [-0.4, -0.2) is 39.2 Å². The maximum atomic E-state index is 13.4. The van der Waals surface area contributed by atoms with Gasteiger partial charge in [0.05, 0.1) is 25.5 Å². The van der Waals surface area contributed by atoms with Gasteiger partial charge in [0.15, 0.2) is 10.2 Å². The molecule has 0 fully saturated rings. The number of hydrogen-bond acceptors (Lipinski definition) is 9. The van der Waals surface area contributed by atoms with Crippen LogP contribution in [0.4, 0.5) is 0 Å². The van der Waals surface area contributed by atoms with Crippen molar-refractivity contribution in [2.75, 3.05) is 13.2 Å². The second-order valence-electron chi connectivity index (χ2n) is 6.30. The molecule has 0 N–H and O–H groups in total. The second-order valence-corrected chi connectivity index (χ2v) is 10.1. The first-order valence-electron chi connectivity index (χ1n) is 9.53. The topological polar surface area (TPSA) is 105 Å². The van der Waals surface area contributed by atoms with E-state index in [0.717, 1.165) is 4.88 Å². The zero-order valence-electron chi connectivity index (χ0n) is 17.2. The monoisotopic (exact) mass is 484 g/mol. The summed E-state index contributed by atoms with van der Waals surface area (Å²) in [7, 11) is -3.81. The van der Waals surface area contributed by atoms with Crippen molar-refractivity contribution in [3.63, 3.8) is 0 Å². The lowest BCUT2D eigenvalue weighted by atomic mass is 10.2. The zero-order chi connectivity index (χ0) is 22.4. The molecular weight excluding hydrogens is 463 g/mol. The van der Waals surface area contributed by atoms with E-state index < -0.39 is 19.4 Å². The van der Waals surface area contributed by atoms with E-state index in [4.69, 9.17) is 25.4 Å². The molecule has 0 aliphatic carbocycles. The van der Waals surface area contributed by atoms with Gasteiger partial charge in [-0.3, -0.25) is 4.57 Å². The first kappa shape index (κ1) is 23.6. The minimum absolute atomic E-state index is 0.0103. The highest BCUT2D eigenvalue weighted by atomic mass is 35.5. The van der Waals surface area contributed by atoms with Crippen LogP contribution < -0.4 is 0 Å². The second kappa shape index (κ2) is 10.5. The molecule has 12 heteroatoms. The van der Waals surface area contributed by atoms with E-state index in [1.54, 1.807) is 62.0 Å². The molecule has 3 rings (SSSR count). The Bertz CT molecular complexity index is 1060. The van der Waals surface area contributed by atoms with Gasteiger partial charge in [0, 0.05) is 16.6 Å². The van der Waals surface area contributed by atoms with Crippen LogP contribution in [0.5, 0.6) is 0 Å². The van der Waals surface area contributed by atoms with E-state index in [9.17, 15) is 9.36 Å². The molecule has 0 amide bonds. The summed E-state index contributed by atoms with van der Waals surface area (Å²) in [5.74, 6) is -2.02. The Balaban J connectivity index is 1.88. The summed E-state index contributed by atoms with van der Waals surface area (Å²) in [5, 5.41) is 7.98. The average molecular weight is 485 g/mol. The lowest BCUT2D eigenvalue weighted by Gasteiger charge is -2.26. The summed E-state index contributed by atoms with van der Waals surface area (Å²) >= 11 is 7.18. The van der Waals surface area contributed by atoms with E-state index >= 15 is 0 Å². The van der Waals surface area contributed by atoms with Gasteiger partial charge in [0.25, 0.3) is 0 Å². The van der Waals surface area contributed by atoms with E-state index in [0.29, 0.717) is 22.3 Å². The number of carbonyl (C=O) groups is 1. The van der Waals surface area contributed by atoms with Crippen molar-refractivity contribution < 1.29 is 23.1 Å². The molecule has 0 saturated heterocycles. The maximum absolute atomic E-state index is 13.4. The van der Waals surface area contributed by atoms with Gasteiger partial charge in [0.1, 0.15) is 0 Å². The van der Waals surface area contributed by atoms with Crippen LogP contribution in [0.25, 0.3) is 0 Å². The molecule has 31 heavy (non-hydrogen) atoms. The summed E-state index contributed by atoms with van der Waals surface area (Å²) in [4.78, 5) is 17.8. The molecule has 0 aliphatic rings. The van der Waals surface area contributed by atoms with Crippen molar-refractivity contribution in [3.05, 3.63) is 62.8 Å². The number of hydrogen-bond donors (Lipinski definition) is 0. The first-order chi connectivity index (χ1) is 14.9. The number of halogens is 1. The highest BCUT2D eigenvalue weighted by Gasteiger charge is 2.41. The fourth-order valence-corrected chi connectivity index (χ4v) is 5.61. The number of rotatable bonds is 10. The molecule has 2 heterocycles. The minimum atomic E-state index is -3.81. The number of benzene rings is 1. The molecule has 9 nitrogen and oxygen atoms in total. The smallest absolute Gasteiger partial charge is 0.375 e. The molecule has 1 aromatic carbocycles. The number of aromatic nitrogens is 4. The van der Waals surface area contributed by atoms with Gasteiger partial charge in [-0.15, -0.1) is 16.4 Å². The number of esters is 1. The van der Waals surface area contributed by atoms with Gasteiger partial charge < -0.3 is 13.8 Å². The Morgan fingerprint density at radius 2 is 1.90 bits per heavy atom. The molecule has 0 spiro atoms. The van der Waals surface area contributed by atoms with Crippen molar-refractivity contribution in [3.8, 4) is 0 Å². The lowest BCUT2D eigenvalue weighted by Crippen LogP contribution is -2.16. The first-order valence-corrected chi connectivity index (χ1v) is 12.3. The standard InChI is InChI=1S/C19H22ClN4O5PS/c1-4-27-30(26,28-5-2)18(14-9-7-6-8-10-14)29-17(25)16-13(3)24(23-22-16)12-15-11-21-19(20)31-15/h6-11,18H,4-5,12H2,1-3H3/t18-/m0/s1. The van der Waals surface area contributed by atoms with Gasteiger partial charge in [-0.25, -0.2) is 14.5 Å². The number of nitrogens with zero attached hydrogens (tertiary/aromatic N) is 4. The highest BCUT2D eigenvalue weighted by Crippen LogP contribution is 2.61. The lowest BCUT2D eigenvalue weighted by molar-refractivity contribution is 0.0356. The summed E-state index contributed by atoms with van der Waals surface area (Å²) in [6, 6.07) is 8.69. The van der Waals surface area contributed by atoms with E-state index in [1.807, 2.05) is 0 Å². The summed E-state index contributed by atoms with van der Waals surface area (Å²) in [5.41, 5.74) is 0.991. The Kier molecular flexibility index (Phi) is 7.96. The third kappa shape index (κ3) is 5.58. The van der Waals surface area contributed by atoms with Crippen molar-refractivity contribution in [1.29, 1.82) is 0 Å². The average Bonchev–Trinajstić information content (AvgIpc) is 3.32. The van der Waals surface area contributed by atoms with Crippen molar-refractivity contribution in [2.24, 2.45) is 0 Å². The van der Waals surface area contributed by atoms with Gasteiger partial charge in [-0.1, -0.05) is 47.1 Å². The van der Waals surface area contributed by atoms with Gasteiger partial charge in [-0.2, -0.15) is 0 Å². The summed E-state index contributed by atoms with van der Waals surface area (Å²) in [6.45, 7) is 5.69. The predicted molar refractivity (Wildman–Crippen MR) is 116 cm³/mol. The number of ether oxygens (including phenoxy) is 1. The predicted octanol–water partition coefficient (Wildman–Crippen LogP) is 4.87. The van der Waals surface area contributed by atoms with Crippen molar-refractivity contribution >= 4 is 36.5 Å². The van der Waals surface area contributed by atoms with E-state index in [1.165, 1.54) is 11.3 Å². The third-order valence-electron chi connectivity index (χ3n) is 4.22. The molecule has 2 aromatic heterocycles. The molecule has 0 saturated carbocycles. The van der Waals surface area contributed by atoms with Gasteiger partial charge in [-0.05, 0) is 20.8 Å². The van der Waals surface area contributed by atoms with Crippen LogP contribution in [0.15, 0.2) is 36.5 Å². The zero-order valence-corrected chi connectivity index (χ0v) is 19.7. The van der Waals surface area contributed by atoms with Gasteiger partial charge >= 0.3 is 13.6 Å². The van der Waals surface area contributed by atoms with E-state index in [2.05, 4.69) is 15.3 Å². The Morgan fingerprint density at radius 1 is 1.23 bits per heavy atom. The Labute approximate surface area is 188 Å². The number of thiazole rings is 1. The summed E-state index contributed by atoms with van der Waals surface area (Å²) < 4.78 is 31.9. The van der Waals surface area contributed by atoms with Crippen LogP contribution in [0, 0.1) is 6.92 Å². The van der Waals surface area contributed by atoms with Crippen molar-refractivity contribution in [1.82, 2.24) is 20.0 Å². The Morgan fingerprint density at radius 3 is 2.48 bits per heavy atom. The van der Waals surface area contributed by atoms with Crippen molar-refractivity contribution in [2.45, 2.75) is 33.2 Å². The molecular formula is C19H22ClN4O5PS. The largest absolute Gasteiger partial charge is 0.440 e. The fraction of sp³-hybridized carbons (Fsp3) is 0.368. The minimum Gasteiger partial charge on any atom is -0.440 e. The van der Waals surface area contributed by atoms with Crippen LogP contribution in [0.2, 0.25) is 4.47 Å². The molecule has 0 bridgehead atoms. The number of carbonyl (C=O) groups excluding carboxylic acids is 1. The van der Waals surface area contributed by atoms with Crippen LogP contribution >= 0.6 is 30.5 Å². The maximum Gasteiger partial charge on any atom is 0.375 e. The highest BCUT2D eigenvalue weighted by molar-refractivity contribution is 7.54. The summed E-state index contributed by atoms with van der Waals surface area (Å²) in [6.07, 6.45) is 1.64.